The molecule has 3 aromatic rings. The minimum absolute atomic E-state index is 0.0301. The molecular weight excluding hydrogens is 380 g/mol. The van der Waals surface area contributed by atoms with Crippen molar-refractivity contribution < 1.29 is 4.79 Å². The van der Waals surface area contributed by atoms with Crippen LogP contribution in [0.1, 0.15) is 12.5 Å². The molecule has 1 aromatic heterocycles. The number of benzene rings is 2. The summed E-state index contributed by atoms with van der Waals surface area (Å²) < 4.78 is 1.96. The molecule has 0 aliphatic heterocycles. The highest BCUT2D eigenvalue weighted by Crippen LogP contribution is 2.31. The lowest BCUT2D eigenvalue weighted by Gasteiger charge is -2.17. The molecule has 3 rings (SSSR count). The number of aromatic nitrogens is 3. The summed E-state index contributed by atoms with van der Waals surface area (Å²) in [6.45, 7) is 3.92. The lowest BCUT2D eigenvalue weighted by molar-refractivity contribution is -0.127. The normalized spacial score (nSPS) is 12.0. The van der Waals surface area contributed by atoms with Crippen LogP contribution in [0.5, 0.6) is 0 Å². The van der Waals surface area contributed by atoms with Crippen LogP contribution in [-0.2, 0) is 4.79 Å². The zero-order chi connectivity index (χ0) is 19.6. The molecule has 0 bridgehead atoms. The van der Waals surface area contributed by atoms with Crippen molar-refractivity contribution in [2.24, 2.45) is 0 Å². The largest absolute Gasteiger partial charge is 0.348 e. The van der Waals surface area contributed by atoms with Crippen molar-refractivity contribution in [1.29, 1.82) is 0 Å². The van der Waals surface area contributed by atoms with Gasteiger partial charge in [-0.2, -0.15) is 0 Å². The van der Waals surface area contributed by atoms with E-state index in [2.05, 4.69) is 10.2 Å². The van der Waals surface area contributed by atoms with Crippen LogP contribution in [0.4, 0.5) is 0 Å². The van der Waals surface area contributed by atoms with Crippen LogP contribution < -0.4 is 0 Å². The van der Waals surface area contributed by atoms with Crippen LogP contribution in [0, 0.1) is 6.92 Å². The third-order valence-electron chi connectivity index (χ3n) is 4.10. The van der Waals surface area contributed by atoms with Crippen molar-refractivity contribution in [2.45, 2.75) is 24.3 Å². The molecule has 5 nitrogen and oxygen atoms in total. The number of carbonyl (C=O) groups excluding carboxylic acids is 1. The second-order valence-electron chi connectivity index (χ2n) is 6.48. The van der Waals surface area contributed by atoms with Gasteiger partial charge in [-0.15, -0.1) is 10.2 Å². The fourth-order valence-corrected chi connectivity index (χ4v) is 3.77. The number of thioether (sulfide) groups is 1. The number of halogens is 1. The number of aryl methyl sites for hydroxylation is 1. The Bertz CT molecular complexity index is 936. The number of hydrogen-bond donors (Lipinski definition) is 0. The molecule has 27 heavy (non-hydrogen) atoms. The Labute approximate surface area is 168 Å². The minimum Gasteiger partial charge on any atom is -0.348 e. The summed E-state index contributed by atoms with van der Waals surface area (Å²) in [6.07, 6.45) is 0. The van der Waals surface area contributed by atoms with E-state index in [1.807, 2.05) is 66.9 Å². The summed E-state index contributed by atoms with van der Waals surface area (Å²) in [5.74, 6) is 0.756. The third kappa shape index (κ3) is 4.34. The van der Waals surface area contributed by atoms with Gasteiger partial charge in [-0.3, -0.25) is 9.36 Å². The predicted molar refractivity (Wildman–Crippen MR) is 111 cm³/mol. The van der Waals surface area contributed by atoms with E-state index in [1.54, 1.807) is 19.0 Å². The molecule has 0 radical (unpaired) electrons. The first-order chi connectivity index (χ1) is 12.9. The summed E-state index contributed by atoms with van der Waals surface area (Å²) in [4.78, 5) is 13.9. The van der Waals surface area contributed by atoms with E-state index in [9.17, 15) is 4.79 Å². The zero-order valence-electron chi connectivity index (χ0n) is 15.7. The molecule has 1 amide bonds. The Hall–Kier alpha value is -2.31. The van der Waals surface area contributed by atoms with Crippen LogP contribution in [0.3, 0.4) is 0 Å². The highest BCUT2D eigenvalue weighted by Gasteiger charge is 2.22. The monoisotopic (exact) mass is 400 g/mol. The average Bonchev–Trinajstić information content (AvgIpc) is 3.05. The fraction of sp³-hybridized carbons (Fsp3) is 0.250. The van der Waals surface area contributed by atoms with Gasteiger partial charge in [-0.1, -0.05) is 53.2 Å². The van der Waals surface area contributed by atoms with E-state index < -0.39 is 0 Å². The number of nitrogens with zero attached hydrogens (tertiary/aromatic N) is 4. The van der Waals surface area contributed by atoms with E-state index in [0.29, 0.717) is 10.2 Å². The van der Waals surface area contributed by atoms with Crippen molar-refractivity contribution in [3.63, 3.8) is 0 Å². The SMILES string of the molecule is Cc1ccc(-c2nnc(SC(C)C(=O)N(C)C)n2-c2ccc(Cl)cc2)cc1. The van der Waals surface area contributed by atoms with Gasteiger partial charge in [0.2, 0.25) is 5.91 Å². The molecule has 1 unspecified atom stereocenters. The minimum atomic E-state index is -0.277. The van der Waals surface area contributed by atoms with Crippen LogP contribution >= 0.6 is 23.4 Å². The molecule has 1 atom stereocenters. The Morgan fingerprint density at radius 3 is 2.30 bits per heavy atom. The molecule has 0 N–H and O–H groups in total. The molecule has 0 aliphatic rings. The van der Waals surface area contributed by atoms with Gasteiger partial charge >= 0.3 is 0 Å². The molecule has 1 heterocycles. The standard InChI is InChI=1S/C20H21ClN4OS/c1-13-5-7-15(8-6-13)18-22-23-20(27-14(2)19(26)24(3)4)25(18)17-11-9-16(21)10-12-17/h5-12,14H,1-4H3. The second-order valence-corrected chi connectivity index (χ2v) is 8.22. The Morgan fingerprint density at radius 2 is 1.70 bits per heavy atom. The maximum Gasteiger partial charge on any atom is 0.235 e. The van der Waals surface area contributed by atoms with E-state index in [1.165, 1.54) is 17.3 Å². The van der Waals surface area contributed by atoms with Gasteiger partial charge < -0.3 is 4.90 Å². The van der Waals surface area contributed by atoms with E-state index in [-0.39, 0.29) is 11.2 Å². The molecular formula is C20H21ClN4OS. The highest BCUT2D eigenvalue weighted by atomic mass is 35.5. The fourth-order valence-electron chi connectivity index (χ4n) is 2.63. The van der Waals surface area contributed by atoms with Crippen LogP contribution in [-0.4, -0.2) is 44.9 Å². The highest BCUT2D eigenvalue weighted by molar-refractivity contribution is 8.00. The van der Waals surface area contributed by atoms with Crippen LogP contribution in [0.2, 0.25) is 5.02 Å². The summed E-state index contributed by atoms with van der Waals surface area (Å²) >= 11 is 7.44. The molecule has 2 aromatic carbocycles. The molecule has 0 fully saturated rings. The van der Waals surface area contributed by atoms with Crippen molar-refractivity contribution in [1.82, 2.24) is 19.7 Å². The van der Waals surface area contributed by atoms with Crippen molar-refractivity contribution in [3.8, 4) is 17.1 Å². The first kappa shape index (κ1) is 19.5. The molecule has 0 saturated carbocycles. The van der Waals surface area contributed by atoms with Crippen molar-refractivity contribution in [3.05, 3.63) is 59.1 Å². The Balaban J connectivity index is 2.07. The zero-order valence-corrected chi connectivity index (χ0v) is 17.3. The van der Waals surface area contributed by atoms with Crippen LogP contribution in [0.15, 0.2) is 53.7 Å². The number of hydrogen-bond acceptors (Lipinski definition) is 4. The number of amides is 1. The van der Waals surface area contributed by atoms with Gasteiger partial charge in [0.15, 0.2) is 11.0 Å². The number of carbonyl (C=O) groups is 1. The molecule has 0 aliphatic carbocycles. The molecule has 0 spiro atoms. The van der Waals surface area contributed by atoms with Gasteiger partial charge in [0.05, 0.1) is 5.25 Å². The average molecular weight is 401 g/mol. The summed E-state index contributed by atoms with van der Waals surface area (Å²) in [5.41, 5.74) is 3.03. The third-order valence-corrected chi connectivity index (χ3v) is 5.38. The smallest absolute Gasteiger partial charge is 0.235 e. The lowest BCUT2D eigenvalue weighted by atomic mass is 10.1. The van der Waals surface area contributed by atoms with E-state index in [0.717, 1.165) is 17.1 Å². The Morgan fingerprint density at radius 1 is 1.07 bits per heavy atom. The van der Waals surface area contributed by atoms with Crippen molar-refractivity contribution in [2.75, 3.05) is 14.1 Å². The predicted octanol–water partition coefficient (Wildman–Crippen LogP) is 4.46. The van der Waals surface area contributed by atoms with Gasteiger partial charge in [-0.25, -0.2) is 0 Å². The topological polar surface area (TPSA) is 51.0 Å². The van der Waals surface area contributed by atoms with Gasteiger partial charge in [0, 0.05) is 30.4 Å². The first-order valence-electron chi connectivity index (χ1n) is 8.53. The molecule has 7 heteroatoms. The molecule has 0 saturated heterocycles. The Kier molecular flexibility index (Phi) is 5.87. The van der Waals surface area contributed by atoms with Gasteiger partial charge in [0.1, 0.15) is 0 Å². The van der Waals surface area contributed by atoms with Crippen molar-refractivity contribution >= 4 is 29.3 Å². The van der Waals surface area contributed by atoms with Gasteiger partial charge in [0.25, 0.3) is 0 Å². The van der Waals surface area contributed by atoms with E-state index >= 15 is 0 Å². The van der Waals surface area contributed by atoms with Crippen LogP contribution in [0.25, 0.3) is 17.1 Å². The summed E-state index contributed by atoms with van der Waals surface area (Å²) in [6, 6.07) is 15.6. The summed E-state index contributed by atoms with van der Waals surface area (Å²) in [7, 11) is 3.50. The summed E-state index contributed by atoms with van der Waals surface area (Å²) in [5, 5.41) is 9.82. The lowest BCUT2D eigenvalue weighted by Crippen LogP contribution is -2.29. The van der Waals surface area contributed by atoms with Gasteiger partial charge in [-0.05, 0) is 38.1 Å². The first-order valence-corrected chi connectivity index (χ1v) is 9.79. The maximum atomic E-state index is 12.3. The maximum absolute atomic E-state index is 12.3. The second kappa shape index (κ2) is 8.15. The van der Waals surface area contributed by atoms with E-state index in [4.69, 9.17) is 11.6 Å². The quantitative estimate of drug-likeness (QED) is 0.593. The molecule has 140 valence electrons. The number of rotatable bonds is 5.